The van der Waals surface area contributed by atoms with Crippen LogP contribution in [0.5, 0.6) is 0 Å². The van der Waals surface area contributed by atoms with Crippen LogP contribution in [0.25, 0.3) is 0 Å². The number of anilines is 1. The predicted molar refractivity (Wildman–Crippen MR) is 88.4 cm³/mol. The summed E-state index contributed by atoms with van der Waals surface area (Å²) in [6, 6.07) is 0. The Morgan fingerprint density at radius 1 is 1.48 bits per heavy atom. The van der Waals surface area contributed by atoms with Crippen molar-refractivity contribution in [2.45, 2.75) is 32.2 Å². The molecule has 0 atom stereocenters. The van der Waals surface area contributed by atoms with Gasteiger partial charge in [-0.05, 0) is 30.9 Å². The van der Waals surface area contributed by atoms with Gasteiger partial charge in [0.15, 0.2) is 0 Å². The summed E-state index contributed by atoms with van der Waals surface area (Å²) in [6.45, 7) is 1.59. The number of hydrogen-bond donors (Lipinski definition) is 2. The van der Waals surface area contributed by atoms with Gasteiger partial charge in [-0.3, -0.25) is 4.79 Å². The lowest BCUT2D eigenvalue weighted by Crippen LogP contribution is -2.31. The first-order valence-electron chi connectivity index (χ1n) is 7.40. The van der Waals surface area contributed by atoms with Crippen molar-refractivity contribution in [3.05, 3.63) is 21.6 Å². The van der Waals surface area contributed by atoms with Crippen LogP contribution < -0.4 is 10.9 Å². The van der Waals surface area contributed by atoms with E-state index >= 15 is 0 Å². The molecule has 1 aromatic heterocycles. The molecular formula is C14H22ClN3O2S. The van der Waals surface area contributed by atoms with Crippen LogP contribution in [-0.4, -0.2) is 39.5 Å². The van der Waals surface area contributed by atoms with Gasteiger partial charge in [0, 0.05) is 25.4 Å². The quantitative estimate of drug-likeness (QED) is 0.679. The van der Waals surface area contributed by atoms with Crippen LogP contribution in [0.3, 0.4) is 0 Å². The summed E-state index contributed by atoms with van der Waals surface area (Å²) in [5.74, 6) is 2.38. The van der Waals surface area contributed by atoms with E-state index in [0.717, 1.165) is 17.9 Å². The Kier molecular flexibility index (Phi) is 6.86. The van der Waals surface area contributed by atoms with Gasteiger partial charge < -0.3 is 10.4 Å². The topological polar surface area (TPSA) is 67.2 Å². The van der Waals surface area contributed by atoms with E-state index in [1.807, 2.05) is 0 Å². The fraction of sp³-hybridized carbons (Fsp3) is 0.714. The van der Waals surface area contributed by atoms with E-state index in [1.165, 1.54) is 23.9 Å². The van der Waals surface area contributed by atoms with E-state index < -0.39 is 0 Å². The summed E-state index contributed by atoms with van der Waals surface area (Å²) < 4.78 is 1.52. The zero-order valence-corrected chi connectivity index (χ0v) is 13.6. The zero-order valence-electron chi connectivity index (χ0n) is 12.1. The van der Waals surface area contributed by atoms with Crippen LogP contribution in [0.2, 0.25) is 5.02 Å². The second-order valence-electron chi connectivity index (χ2n) is 5.27. The Labute approximate surface area is 134 Å². The van der Waals surface area contributed by atoms with Gasteiger partial charge in [-0.2, -0.15) is 16.9 Å². The van der Waals surface area contributed by atoms with Crippen LogP contribution in [0, 0.1) is 5.92 Å². The third-order valence-corrected chi connectivity index (χ3v) is 5.01. The molecule has 7 heteroatoms. The SMILES string of the molecule is O=c1c(NCCSCCCO)c(Cl)cnn1CC1CCC1. The molecule has 0 aliphatic heterocycles. The molecule has 2 rings (SSSR count). The maximum absolute atomic E-state index is 12.3. The lowest BCUT2D eigenvalue weighted by molar-refractivity contribution is 0.262. The molecule has 1 aliphatic rings. The summed E-state index contributed by atoms with van der Waals surface area (Å²) >= 11 is 7.82. The summed E-state index contributed by atoms with van der Waals surface area (Å²) in [7, 11) is 0. The zero-order chi connectivity index (χ0) is 15.1. The third-order valence-electron chi connectivity index (χ3n) is 3.65. The molecule has 0 saturated heterocycles. The monoisotopic (exact) mass is 331 g/mol. The number of nitrogens with zero attached hydrogens (tertiary/aromatic N) is 2. The van der Waals surface area contributed by atoms with Crippen molar-refractivity contribution < 1.29 is 5.11 Å². The van der Waals surface area contributed by atoms with Crippen LogP contribution in [0.4, 0.5) is 5.69 Å². The van der Waals surface area contributed by atoms with Crippen molar-refractivity contribution in [1.29, 1.82) is 0 Å². The Bertz CT molecular complexity index is 505. The Hall–Kier alpha value is -0.720. The minimum Gasteiger partial charge on any atom is -0.396 e. The lowest BCUT2D eigenvalue weighted by atomic mass is 9.85. The van der Waals surface area contributed by atoms with E-state index in [1.54, 1.807) is 18.0 Å². The summed E-state index contributed by atoms with van der Waals surface area (Å²) in [5.41, 5.74) is 0.323. The molecule has 2 N–H and O–H groups in total. The molecule has 21 heavy (non-hydrogen) atoms. The highest BCUT2D eigenvalue weighted by Gasteiger charge is 2.20. The fourth-order valence-electron chi connectivity index (χ4n) is 2.20. The summed E-state index contributed by atoms with van der Waals surface area (Å²) in [4.78, 5) is 12.3. The molecule has 5 nitrogen and oxygen atoms in total. The number of aliphatic hydroxyl groups excluding tert-OH is 1. The molecule has 0 radical (unpaired) electrons. The average Bonchev–Trinajstić information content (AvgIpc) is 2.43. The van der Waals surface area contributed by atoms with Crippen molar-refractivity contribution in [1.82, 2.24) is 9.78 Å². The molecule has 118 valence electrons. The van der Waals surface area contributed by atoms with Gasteiger partial charge in [-0.1, -0.05) is 18.0 Å². The van der Waals surface area contributed by atoms with Gasteiger partial charge in [0.1, 0.15) is 5.69 Å². The Balaban J connectivity index is 1.88. The first-order chi connectivity index (χ1) is 10.2. The minimum absolute atomic E-state index is 0.130. The second kappa shape index (κ2) is 8.66. The molecule has 1 saturated carbocycles. The van der Waals surface area contributed by atoms with E-state index in [0.29, 0.717) is 29.7 Å². The summed E-state index contributed by atoms with van der Waals surface area (Å²) in [5, 5.41) is 16.3. The van der Waals surface area contributed by atoms with Crippen molar-refractivity contribution in [3.63, 3.8) is 0 Å². The highest BCUT2D eigenvalue weighted by Crippen LogP contribution is 2.27. The van der Waals surface area contributed by atoms with Gasteiger partial charge >= 0.3 is 0 Å². The van der Waals surface area contributed by atoms with Crippen molar-refractivity contribution in [2.75, 3.05) is 30.0 Å². The number of aromatic nitrogens is 2. The van der Waals surface area contributed by atoms with Crippen LogP contribution in [-0.2, 0) is 6.54 Å². The molecule has 0 bridgehead atoms. The van der Waals surface area contributed by atoms with Crippen LogP contribution in [0.15, 0.2) is 11.0 Å². The number of rotatable bonds is 9. The van der Waals surface area contributed by atoms with Crippen LogP contribution in [0.1, 0.15) is 25.7 Å². The maximum atomic E-state index is 12.3. The third kappa shape index (κ3) is 4.90. The van der Waals surface area contributed by atoms with Crippen molar-refractivity contribution >= 4 is 29.1 Å². The predicted octanol–water partition coefficient (Wildman–Crippen LogP) is 2.22. The van der Waals surface area contributed by atoms with Gasteiger partial charge in [-0.15, -0.1) is 0 Å². The Morgan fingerprint density at radius 2 is 2.29 bits per heavy atom. The van der Waals surface area contributed by atoms with Gasteiger partial charge in [0.2, 0.25) is 0 Å². The minimum atomic E-state index is -0.130. The molecule has 0 unspecified atom stereocenters. The van der Waals surface area contributed by atoms with E-state index in [4.69, 9.17) is 16.7 Å². The van der Waals surface area contributed by atoms with Crippen molar-refractivity contribution in [2.24, 2.45) is 5.92 Å². The molecule has 0 amide bonds. The normalized spacial score (nSPS) is 15.0. The van der Waals surface area contributed by atoms with E-state index in [-0.39, 0.29) is 12.2 Å². The maximum Gasteiger partial charge on any atom is 0.291 e. The molecule has 1 fully saturated rings. The molecule has 1 heterocycles. The average molecular weight is 332 g/mol. The highest BCUT2D eigenvalue weighted by atomic mass is 35.5. The van der Waals surface area contributed by atoms with Gasteiger partial charge in [0.25, 0.3) is 5.56 Å². The first kappa shape index (κ1) is 16.6. The largest absolute Gasteiger partial charge is 0.396 e. The van der Waals surface area contributed by atoms with Crippen LogP contribution >= 0.6 is 23.4 Å². The lowest BCUT2D eigenvalue weighted by Gasteiger charge is -2.25. The first-order valence-corrected chi connectivity index (χ1v) is 8.93. The molecule has 1 aliphatic carbocycles. The molecular weight excluding hydrogens is 310 g/mol. The molecule has 0 aromatic carbocycles. The van der Waals surface area contributed by atoms with Gasteiger partial charge in [-0.25, -0.2) is 4.68 Å². The van der Waals surface area contributed by atoms with E-state index in [2.05, 4.69) is 10.4 Å². The molecule has 1 aromatic rings. The number of halogens is 1. The van der Waals surface area contributed by atoms with Gasteiger partial charge in [0.05, 0.1) is 11.2 Å². The number of aliphatic hydroxyl groups is 1. The van der Waals surface area contributed by atoms with Crippen molar-refractivity contribution in [3.8, 4) is 0 Å². The number of nitrogens with one attached hydrogen (secondary N) is 1. The second-order valence-corrected chi connectivity index (χ2v) is 6.90. The fourth-order valence-corrected chi connectivity index (χ4v) is 3.17. The molecule has 0 spiro atoms. The number of hydrogen-bond acceptors (Lipinski definition) is 5. The smallest absolute Gasteiger partial charge is 0.291 e. The highest BCUT2D eigenvalue weighted by molar-refractivity contribution is 7.99. The van der Waals surface area contributed by atoms with E-state index in [9.17, 15) is 4.79 Å². The summed E-state index contributed by atoms with van der Waals surface area (Å²) in [6.07, 6.45) is 5.96. The number of thioether (sulfide) groups is 1. The Morgan fingerprint density at radius 3 is 2.95 bits per heavy atom. The standard InChI is InChI=1S/C14H22ClN3O2S/c15-12-9-17-18(10-11-3-1-4-11)14(20)13(12)16-5-8-21-7-2-6-19/h9,11,16,19H,1-8,10H2.